The summed E-state index contributed by atoms with van der Waals surface area (Å²) < 4.78 is 1.81. The first-order valence-electron chi connectivity index (χ1n) is 11.5. The number of pyridine rings is 2. The van der Waals surface area contributed by atoms with Gasteiger partial charge < -0.3 is 15.0 Å². The normalized spacial score (nSPS) is 23.8. The van der Waals surface area contributed by atoms with Crippen molar-refractivity contribution in [2.24, 2.45) is 11.8 Å². The zero-order chi connectivity index (χ0) is 22.9. The summed E-state index contributed by atoms with van der Waals surface area (Å²) in [5.74, 6) is -0.751. The summed E-state index contributed by atoms with van der Waals surface area (Å²) in [5.41, 5.74) is 3.35. The van der Waals surface area contributed by atoms with Gasteiger partial charge in [0, 0.05) is 61.9 Å². The predicted octanol–water partition coefficient (Wildman–Crippen LogP) is 2.21. The number of rotatable bonds is 6. The lowest BCUT2D eigenvalue weighted by molar-refractivity contribution is -0.127. The van der Waals surface area contributed by atoms with E-state index in [0.29, 0.717) is 25.2 Å². The fourth-order valence-corrected chi connectivity index (χ4v) is 5.58. The summed E-state index contributed by atoms with van der Waals surface area (Å²) >= 11 is 0. The summed E-state index contributed by atoms with van der Waals surface area (Å²) in [6, 6.07) is 17.2. The van der Waals surface area contributed by atoms with Gasteiger partial charge >= 0.3 is 0 Å². The van der Waals surface area contributed by atoms with Crippen molar-refractivity contribution in [2.45, 2.75) is 32.1 Å². The van der Waals surface area contributed by atoms with Crippen molar-refractivity contribution in [3.05, 3.63) is 88.6 Å². The number of hydrogen-bond acceptors (Lipinski definition) is 5. The van der Waals surface area contributed by atoms with Crippen molar-refractivity contribution in [2.75, 3.05) is 13.2 Å². The first kappa shape index (κ1) is 21.6. The highest BCUT2D eigenvalue weighted by molar-refractivity contribution is 5.80. The molecule has 1 amide bonds. The molecule has 2 aliphatic heterocycles. The monoisotopic (exact) mass is 444 g/mol. The van der Waals surface area contributed by atoms with Gasteiger partial charge in [0.1, 0.15) is 0 Å². The lowest BCUT2D eigenvalue weighted by atomic mass is 9.86. The van der Waals surface area contributed by atoms with Gasteiger partial charge in [-0.2, -0.15) is 0 Å². The van der Waals surface area contributed by atoms with Crippen molar-refractivity contribution in [1.82, 2.24) is 19.8 Å². The van der Waals surface area contributed by atoms with Gasteiger partial charge in [-0.25, -0.2) is 0 Å². The molecule has 4 atom stereocenters. The van der Waals surface area contributed by atoms with Crippen LogP contribution < -0.4 is 10.9 Å². The Hall–Kier alpha value is -3.29. The number of hydrogen-bond donors (Lipinski definition) is 2. The van der Waals surface area contributed by atoms with Gasteiger partial charge in [-0.15, -0.1) is 0 Å². The standard InChI is InChI=1S/C26H28N4O3/c1-2-28-25(32)23-20(16-31)22-15-30-21(24(23)29(22)14-17-6-4-3-5-7-17)9-8-19(26(30)33)18-10-12-27-13-11-18/h3-13,20,22-24,31H,2,14-16H2,1H3,(H,28,32)/t20-,22-,23+,24+/m0/s1. The van der Waals surface area contributed by atoms with E-state index in [2.05, 4.69) is 27.3 Å². The number of amides is 1. The summed E-state index contributed by atoms with van der Waals surface area (Å²) in [5, 5.41) is 13.3. The van der Waals surface area contributed by atoms with Gasteiger partial charge in [0.15, 0.2) is 0 Å². The molecule has 0 unspecified atom stereocenters. The van der Waals surface area contributed by atoms with Crippen LogP contribution in [0.2, 0.25) is 0 Å². The van der Waals surface area contributed by atoms with Gasteiger partial charge in [0.05, 0.1) is 12.0 Å². The number of carbonyl (C=O) groups is 1. The first-order valence-corrected chi connectivity index (χ1v) is 11.5. The van der Waals surface area contributed by atoms with Crippen LogP contribution in [0.4, 0.5) is 0 Å². The van der Waals surface area contributed by atoms with Crippen molar-refractivity contribution in [3.8, 4) is 11.1 Å². The molecule has 4 heterocycles. The molecule has 0 saturated carbocycles. The van der Waals surface area contributed by atoms with Gasteiger partial charge in [-0.1, -0.05) is 30.3 Å². The minimum absolute atomic E-state index is 0.0682. The maximum absolute atomic E-state index is 13.6. The van der Waals surface area contributed by atoms with Crippen LogP contribution >= 0.6 is 0 Å². The minimum Gasteiger partial charge on any atom is -0.396 e. The van der Waals surface area contributed by atoms with Crippen molar-refractivity contribution < 1.29 is 9.90 Å². The van der Waals surface area contributed by atoms with E-state index in [4.69, 9.17) is 0 Å². The molecular formula is C26H28N4O3. The summed E-state index contributed by atoms with van der Waals surface area (Å²) in [4.78, 5) is 33.1. The fraction of sp³-hybridized carbons (Fsp3) is 0.346. The molecule has 2 aliphatic rings. The molecule has 1 saturated heterocycles. The number of nitrogens with zero attached hydrogens (tertiary/aromatic N) is 3. The predicted molar refractivity (Wildman–Crippen MR) is 125 cm³/mol. The van der Waals surface area contributed by atoms with Crippen LogP contribution in [-0.2, 0) is 17.9 Å². The SMILES string of the molecule is CCNC(=O)[C@@H]1[C@@H](CO)[C@@H]2Cn3c(ccc(-c4ccncc4)c3=O)[C@H]1N2Cc1ccccc1. The number of carbonyl (C=O) groups excluding carboxylic acids is 1. The van der Waals surface area contributed by atoms with E-state index in [0.717, 1.165) is 16.8 Å². The van der Waals surface area contributed by atoms with Crippen LogP contribution in [0.25, 0.3) is 11.1 Å². The van der Waals surface area contributed by atoms with E-state index in [1.807, 2.05) is 54.0 Å². The van der Waals surface area contributed by atoms with Gasteiger partial charge in [-0.05, 0) is 42.3 Å². The summed E-state index contributed by atoms with van der Waals surface area (Å²) in [7, 11) is 0. The fourth-order valence-electron chi connectivity index (χ4n) is 5.58. The van der Waals surface area contributed by atoms with E-state index in [9.17, 15) is 14.7 Å². The molecule has 5 rings (SSSR count). The molecule has 7 heteroatoms. The van der Waals surface area contributed by atoms with E-state index in [1.165, 1.54) is 0 Å². The van der Waals surface area contributed by atoms with E-state index < -0.39 is 5.92 Å². The van der Waals surface area contributed by atoms with Crippen molar-refractivity contribution in [3.63, 3.8) is 0 Å². The van der Waals surface area contributed by atoms with Crippen LogP contribution in [-0.4, -0.2) is 44.7 Å². The van der Waals surface area contributed by atoms with Crippen molar-refractivity contribution >= 4 is 5.91 Å². The molecule has 2 N–H and O–H groups in total. The minimum atomic E-state index is -0.427. The molecular weight excluding hydrogens is 416 g/mol. The second kappa shape index (κ2) is 8.92. The Balaban J connectivity index is 1.63. The summed E-state index contributed by atoms with van der Waals surface area (Å²) in [6.07, 6.45) is 3.36. The maximum Gasteiger partial charge on any atom is 0.258 e. The molecule has 0 aliphatic carbocycles. The first-order chi connectivity index (χ1) is 16.1. The number of benzene rings is 1. The van der Waals surface area contributed by atoms with Crippen LogP contribution in [0.3, 0.4) is 0 Å². The Kier molecular flexibility index (Phi) is 5.83. The number of aromatic nitrogens is 2. The van der Waals surface area contributed by atoms with E-state index >= 15 is 0 Å². The summed E-state index contributed by atoms with van der Waals surface area (Å²) in [6.45, 7) is 3.42. The molecule has 2 bridgehead atoms. The molecule has 170 valence electrons. The Morgan fingerprint density at radius 1 is 1.12 bits per heavy atom. The highest BCUT2D eigenvalue weighted by Gasteiger charge is 2.55. The Morgan fingerprint density at radius 2 is 1.88 bits per heavy atom. The third-order valence-corrected chi connectivity index (χ3v) is 7.02. The Morgan fingerprint density at radius 3 is 2.58 bits per heavy atom. The highest BCUT2D eigenvalue weighted by Crippen LogP contribution is 2.49. The molecule has 1 aromatic carbocycles. The Labute approximate surface area is 192 Å². The van der Waals surface area contributed by atoms with Crippen LogP contribution in [0.15, 0.2) is 71.8 Å². The second-order valence-electron chi connectivity index (χ2n) is 8.76. The van der Waals surface area contributed by atoms with E-state index in [-0.39, 0.29) is 36.1 Å². The number of aliphatic hydroxyl groups is 1. The molecule has 0 radical (unpaired) electrons. The maximum atomic E-state index is 13.6. The molecule has 2 aromatic heterocycles. The van der Waals surface area contributed by atoms with Gasteiger partial charge in [0.2, 0.25) is 5.91 Å². The molecule has 33 heavy (non-hydrogen) atoms. The smallest absolute Gasteiger partial charge is 0.258 e. The quantitative estimate of drug-likeness (QED) is 0.609. The van der Waals surface area contributed by atoms with Gasteiger partial charge in [-0.3, -0.25) is 19.5 Å². The van der Waals surface area contributed by atoms with Crippen LogP contribution in [0.1, 0.15) is 24.2 Å². The topological polar surface area (TPSA) is 87.5 Å². The van der Waals surface area contributed by atoms with Gasteiger partial charge in [0.25, 0.3) is 5.56 Å². The largest absolute Gasteiger partial charge is 0.396 e. The molecule has 3 aromatic rings. The number of fused-ring (bicyclic) bond motifs is 4. The number of nitrogens with one attached hydrogen (secondary N) is 1. The average molecular weight is 445 g/mol. The number of aliphatic hydroxyl groups excluding tert-OH is 1. The van der Waals surface area contributed by atoms with Crippen molar-refractivity contribution in [1.29, 1.82) is 0 Å². The van der Waals surface area contributed by atoms with Crippen LogP contribution in [0.5, 0.6) is 0 Å². The van der Waals surface area contributed by atoms with Crippen LogP contribution in [0, 0.1) is 11.8 Å². The second-order valence-corrected chi connectivity index (χ2v) is 8.76. The highest BCUT2D eigenvalue weighted by atomic mass is 16.3. The lowest BCUT2D eigenvalue weighted by Crippen LogP contribution is -2.46. The zero-order valence-electron chi connectivity index (χ0n) is 18.6. The lowest BCUT2D eigenvalue weighted by Gasteiger charge is -2.38. The third-order valence-electron chi connectivity index (χ3n) is 7.02. The Bertz CT molecular complexity index is 1200. The molecule has 0 spiro atoms. The zero-order valence-corrected chi connectivity index (χ0v) is 18.6. The molecule has 1 fully saturated rings. The third kappa shape index (κ3) is 3.67. The molecule has 7 nitrogen and oxygen atoms in total. The average Bonchev–Trinajstić information content (AvgIpc) is 3.05. The van der Waals surface area contributed by atoms with E-state index in [1.54, 1.807) is 12.4 Å².